The fourth-order valence-electron chi connectivity index (χ4n) is 2.59. The number of anilines is 1. The monoisotopic (exact) mass is 262 g/mol. The summed E-state index contributed by atoms with van der Waals surface area (Å²) in [5.41, 5.74) is 0.504. The normalized spacial score (nSPS) is 22.8. The molecule has 0 amide bonds. The minimum Gasteiger partial charge on any atom is -0.462 e. The number of hydrogen-bond donors (Lipinski definition) is 1. The zero-order valence-electron chi connectivity index (χ0n) is 11.7. The van der Waals surface area contributed by atoms with Gasteiger partial charge >= 0.3 is 5.97 Å². The molecule has 0 aromatic carbocycles. The molecule has 104 valence electrons. The number of rotatable bonds is 4. The lowest BCUT2D eigenvalue weighted by atomic mass is 9.87. The van der Waals surface area contributed by atoms with Gasteiger partial charge in [0.15, 0.2) is 0 Å². The summed E-state index contributed by atoms with van der Waals surface area (Å²) in [6.07, 6.45) is 6.58. The summed E-state index contributed by atoms with van der Waals surface area (Å²) in [6, 6.07) is 4.12. The molecule has 1 saturated carbocycles. The van der Waals surface area contributed by atoms with E-state index in [2.05, 4.69) is 17.2 Å². The van der Waals surface area contributed by atoms with Crippen LogP contribution in [0, 0.1) is 5.92 Å². The second-order valence-corrected chi connectivity index (χ2v) is 5.27. The van der Waals surface area contributed by atoms with Gasteiger partial charge in [-0.25, -0.2) is 9.78 Å². The Kier molecular flexibility index (Phi) is 4.77. The van der Waals surface area contributed by atoms with Gasteiger partial charge in [0.05, 0.1) is 12.2 Å². The molecule has 1 aromatic rings. The molecule has 0 aliphatic heterocycles. The standard InChI is InChI=1S/C15H22N2O2/c1-3-19-15(18)12-7-8-14(16-10-12)17-13-6-4-5-11(2)9-13/h7-8,10-11,13H,3-6,9H2,1-2H3,(H,16,17). The second kappa shape index (κ2) is 6.55. The van der Waals surface area contributed by atoms with Crippen molar-refractivity contribution < 1.29 is 9.53 Å². The number of aromatic nitrogens is 1. The molecule has 1 aliphatic rings. The topological polar surface area (TPSA) is 51.2 Å². The van der Waals surface area contributed by atoms with Crippen LogP contribution in [0.5, 0.6) is 0 Å². The quantitative estimate of drug-likeness (QED) is 0.846. The Morgan fingerprint density at radius 3 is 2.95 bits per heavy atom. The van der Waals surface area contributed by atoms with Crippen LogP contribution in [0.25, 0.3) is 0 Å². The molecular weight excluding hydrogens is 240 g/mol. The van der Waals surface area contributed by atoms with E-state index in [1.54, 1.807) is 19.2 Å². The molecule has 1 aliphatic carbocycles. The Balaban J connectivity index is 1.93. The Hall–Kier alpha value is -1.58. The third-order valence-corrected chi connectivity index (χ3v) is 3.56. The van der Waals surface area contributed by atoms with Crippen molar-refractivity contribution in [2.75, 3.05) is 11.9 Å². The number of ether oxygens (including phenoxy) is 1. The lowest BCUT2D eigenvalue weighted by Crippen LogP contribution is -2.26. The molecule has 4 heteroatoms. The highest BCUT2D eigenvalue weighted by Crippen LogP contribution is 2.25. The predicted octanol–water partition coefficient (Wildman–Crippen LogP) is 3.25. The van der Waals surface area contributed by atoms with Gasteiger partial charge in [-0.3, -0.25) is 0 Å². The summed E-state index contributed by atoms with van der Waals surface area (Å²) < 4.78 is 4.93. The lowest BCUT2D eigenvalue weighted by Gasteiger charge is -2.27. The number of nitrogens with one attached hydrogen (secondary N) is 1. The third-order valence-electron chi connectivity index (χ3n) is 3.56. The van der Waals surface area contributed by atoms with E-state index in [-0.39, 0.29) is 5.97 Å². The van der Waals surface area contributed by atoms with Gasteiger partial charge in [-0.1, -0.05) is 19.8 Å². The van der Waals surface area contributed by atoms with Crippen molar-refractivity contribution in [1.82, 2.24) is 4.98 Å². The molecule has 1 heterocycles. The van der Waals surface area contributed by atoms with Gasteiger partial charge in [-0.2, -0.15) is 0 Å². The molecule has 0 bridgehead atoms. The summed E-state index contributed by atoms with van der Waals surface area (Å²) in [4.78, 5) is 15.8. The maximum absolute atomic E-state index is 11.5. The molecular formula is C15H22N2O2. The second-order valence-electron chi connectivity index (χ2n) is 5.27. The summed E-state index contributed by atoms with van der Waals surface area (Å²) >= 11 is 0. The Morgan fingerprint density at radius 1 is 1.47 bits per heavy atom. The van der Waals surface area contributed by atoms with Crippen molar-refractivity contribution in [3.63, 3.8) is 0 Å². The van der Waals surface area contributed by atoms with Crippen molar-refractivity contribution in [3.05, 3.63) is 23.9 Å². The van der Waals surface area contributed by atoms with Crippen molar-refractivity contribution in [2.45, 2.75) is 45.6 Å². The van der Waals surface area contributed by atoms with Crippen molar-refractivity contribution in [3.8, 4) is 0 Å². The van der Waals surface area contributed by atoms with Crippen LogP contribution in [-0.4, -0.2) is 23.6 Å². The number of carbonyl (C=O) groups is 1. The summed E-state index contributed by atoms with van der Waals surface area (Å²) in [6.45, 7) is 4.48. The molecule has 0 radical (unpaired) electrons. The van der Waals surface area contributed by atoms with Gasteiger partial charge in [0.2, 0.25) is 0 Å². The first-order chi connectivity index (χ1) is 9.19. The van der Waals surface area contributed by atoms with Crippen LogP contribution in [0.3, 0.4) is 0 Å². The van der Waals surface area contributed by atoms with E-state index >= 15 is 0 Å². The molecule has 0 saturated heterocycles. The van der Waals surface area contributed by atoms with E-state index in [0.29, 0.717) is 18.2 Å². The minimum atomic E-state index is -0.312. The highest BCUT2D eigenvalue weighted by molar-refractivity contribution is 5.89. The van der Waals surface area contributed by atoms with Crippen molar-refractivity contribution >= 4 is 11.8 Å². The Morgan fingerprint density at radius 2 is 2.32 bits per heavy atom. The fourth-order valence-corrected chi connectivity index (χ4v) is 2.59. The van der Waals surface area contributed by atoms with Crippen LogP contribution in [0.4, 0.5) is 5.82 Å². The number of nitrogens with zero attached hydrogens (tertiary/aromatic N) is 1. The number of hydrogen-bond acceptors (Lipinski definition) is 4. The summed E-state index contributed by atoms with van der Waals surface area (Å²) in [5.74, 6) is 1.31. The highest BCUT2D eigenvalue weighted by atomic mass is 16.5. The maximum atomic E-state index is 11.5. The van der Waals surface area contributed by atoms with E-state index in [0.717, 1.165) is 11.7 Å². The molecule has 2 rings (SSSR count). The molecule has 4 nitrogen and oxygen atoms in total. The van der Waals surface area contributed by atoms with Gasteiger partial charge in [-0.15, -0.1) is 0 Å². The van der Waals surface area contributed by atoms with Crippen molar-refractivity contribution in [1.29, 1.82) is 0 Å². The molecule has 2 atom stereocenters. The van der Waals surface area contributed by atoms with E-state index in [1.165, 1.54) is 25.7 Å². The zero-order chi connectivity index (χ0) is 13.7. The lowest BCUT2D eigenvalue weighted by molar-refractivity contribution is 0.0526. The van der Waals surface area contributed by atoms with Crippen LogP contribution in [0.15, 0.2) is 18.3 Å². The number of carbonyl (C=O) groups excluding carboxylic acids is 1. The third kappa shape index (κ3) is 3.94. The van der Waals surface area contributed by atoms with E-state index in [1.807, 2.05) is 6.07 Å². The molecule has 1 N–H and O–H groups in total. The molecule has 1 fully saturated rings. The number of pyridine rings is 1. The minimum absolute atomic E-state index is 0.312. The zero-order valence-corrected chi connectivity index (χ0v) is 11.7. The number of esters is 1. The summed E-state index contributed by atoms with van der Waals surface area (Å²) in [7, 11) is 0. The molecule has 0 spiro atoms. The average Bonchev–Trinajstić information content (AvgIpc) is 2.40. The largest absolute Gasteiger partial charge is 0.462 e. The molecule has 1 aromatic heterocycles. The highest BCUT2D eigenvalue weighted by Gasteiger charge is 2.18. The van der Waals surface area contributed by atoms with Crippen LogP contribution >= 0.6 is 0 Å². The average molecular weight is 262 g/mol. The Labute approximate surface area is 114 Å². The van der Waals surface area contributed by atoms with Crippen LogP contribution in [0.2, 0.25) is 0 Å². The first-order valence-corrected chi connectivity index (χ1v) is 7.08. The summed E-state index contributed by atoms with van der Waals surface area (Å²) in [5, 5.41) is 3.45. The van der Waals surface area contributed by atoms with E-state index in [9.17, 15) is 4.79 Å². The van der Waals surface area contributed by atoms with Gasteiger partial charge in [0.25, 0.3) is 0 Å². The van der Waals surface area contributed by atoms with Gasteiger partial charge in [0.1, 0.15) is 5.82 Å². The van der Waals surface area contributed by atoms with E-state index in [4.69, 9.17) is 4.74 Å². The molecule has 19 heavy (non-hydrogen) atoms. The first kappa shape index (κ1) is 13.8. The molecule has 2 unspecified atom stereocenters. The van der Waals surface area contributed by atoms with Gasteiger partial charge in [-0.05, 0) is 37.8 Å². The smallest absolute Gasteiger partial charge is 0.339 e. The predicted molar refractivity (Wildman–Crippen MR) is 75.2 cm³/mol. The maximum Gasteiger partial charge on any atom is 0.339 e. The Bertz CT molecular complexity index is 417. The first-order valence-electron chi connectivity index (χ1n) is 7.08. The van der Waals surface area contributed by atoms with E-state index < -0.39 is 0 Å². The van der Waals surface area contributed by atoms with Crippen LogP contribution < -0.4 is 5.32 Å². The van der Waals surface area contributed by atoms with Crippen molar-refractivity contribution in [2.24, 2.45) is 5.92 Å². The van der Waals surface area contributed by atoms with Crippen LogP contribution in [-0.2, 0) is 4.74 Å². The van der Waals surface area contributed by atoms with Crippen LogP contribution in [0.1, 0.15) is 49.9 Å². The fraction of sp³-hybridized carbons (Fsp3) is 0.600. The van der Waals surface area contributed by atoms with Gasteiger partial charge < -0.3 is 10.1 Å². The van der Waals surface area contributed by atoms with Gasteiger partial charge in [0, 0.05) is 12.2 Å². The SMILES string of the molecule is CCOC(=O)c1ccc(NC2CCCC(C)C2)nc1.